The minimum absolute atomic E-state index is 0.0144. The number of hydrogen-bond donors (Lipinski definition) is 0. The molecule has 0 unspecified atom stereocenters. The number of pyridine rings is 1. The van der Waals surface area contributed by atoms with Gasteiger partial charge < -0.3 is 4.90 Å². The standard InChI is InChI=1S/C23H22F3N5/c24-23(25,26)22-20(7-6-18-4-2-1-3-5-18)16-21(28-29-22)31-14-12-30(13-15-31)17-19-8-10-27-11-9-19/h1-11,16H,12-15,17H2/b7-6+. The van der Waals surface area contributed by atoms with Crippen LogP contribution in [0.2, 0.25) is 0 Å². The molecule has 1 fully saturated rings. The maximum atomic E-state index is 13.4. The van der Waals surface area contributed by atoms with Gasteiger partial charge in [-0.25, -0.2) is 0 Å². The summed E-state index contributed by atoms with van der Waals surface area (Å²) in [6.45, 7) is 3.75. The van der Waals surface area contributed by atoms with E-state index >= 15 is 0 Å². The third kappa shape index (κ3) is 5.46. The van der Waals surface area contributed by atoms with Crippen LogP contribution in [0.3, 0.4) is 0 Å². The Hall–Kier alpha value is -3.26. The van der Waals surface area contributed by atoms with Crippen LogP contribution in [-0.4, -0.2) is 46.3 Å². The molecule has 0 saturated carbocycles. The Balaban J connectivity index is 1.49. The average Bonchev–Trinajstić information content (AvgIpc) is 2.79. The van der Waals surface area contributed by atoms with E-state index in [-0.39, 0.29) is 5.56 Å². The second-order valence-electron chi connectivity index (χ2n) is 7.37. The Bertz CT molecular complexity index is 1010. The van der Waals surface area contributed by atoms with Crippen molar-refractivity contribution < 1.29 is 13.2 Å². The molecule has 3 aromatic rings. The van der Waals surface area contributed by atoms with Crippen LogP contribution in [-0.2, 0) is 12.7 Å². The monoisotopic (exact) mass is 425 g/mol. The van der Waals surface area contributed by atoms with Gasteiger partial charge in [0.2, 0.25) is 0 Å². The third-order valence-corrected chi connectivity index (χ3v) is 5.19. The van der Waals surface area contributed by atoms with Crippen molar-refractivity contribution in [2.45, 2.75) is 12.7 Å². The van der Waals surface area contributed by atoms with Crippen LogP contribution in [0.4, 0.5) is 19.0 Å². The number of piperazine rings is 1. The maximum absolute atomic E-state index is 13.4. The minimum atomic E-state index is -4.56. The van der Waals surface area contributed by atoms with Crippen molar-refractivity contribution >= 4 is 18.0 Å². The van der Waals surface area contributed by atoms with Crippen LogP contribution in [0, 0.1) is 0 Å². The van der Waals surface area contributed by atoms with Crippen LogP contribution in [0.1, 0.15) is 22.4 Å². The molecule has 3 heterocycles. The van der Waals surface area contributed by atoms with Gasteiger partial charge in [-0.3, -0.25) is 9.88 Å². The zero-order valence-electron chi connectivity index (χ0n) is 16.8. The Morgan fingerprint density at radius 3 is 2.26 bits per heavy atom. The number of aromatic nitrogens is 3. The number of alkyl halides is 3. The summed E-state index contributed by atoms with van der Waals surface area (Å²) in [5, 5.41) is 7.42. The molecule has 0 aliphatic carbocycles. The molecule has 160 valence electrons. The summed E-state index contributed by atoms with van der Waals surface area (Å²) in [5.74, 6) is 0.462. The summed E-state index contributed by atoms with van der Waals surface area (Å²) in [4.78, 5) is 8.32. The average molecular weight is 425 g/mol. The number of halogens is 3. The molecular formula is C23H22F3N5. The SMILES string of the molecule is FC(F)(F)c1nnc(N2CCN(Cc3ccncc3)CC2)cc1/C=C/c1ccccc1. The molecule has 1 saturated heterocycles. The van der Waals surface area contributed by atoms with Crippen LogP contribution in [0.15, 0.2) is 60.9 Å². The molecule has 0 N–H and O–H groups in total. The second kappa shape index (κ2) is 9.26. The molecule has 0 bridgehead atoms. The Kier molecular flexibility index (Phi) is 6.27. The van der Waals surface area contributed by atoms with Crippen molar-refractivity contribution in [3.63, 3.8) is 0 Å². The lowest BCUT2D eigenvalue weighted by Gasteiger charge is -2.35. The fourth-order valence-electron chi connectivity index (χ4n) is 3.53. The molecule has 8 heteroatoms. The normalized spacial score (nSPS) is 15.5. The summed E-state index contributed by atoms with van der Waals surface area (Å²) in [6, 6.07) is 14.7. The highest BCUT2D eigenvalue weighted by atomic mass is 19.4. The maximum Gasteiger partial charge on any atom is 0.435 e. The van der Waals surface area contributed by atoms with E-state index in [1.54, 1.807) is 18.5 Å². The van der Waals surface area contributed by atoms with Crippen molar-refractivity contribution in [3.05, 3.63) is 83.3 Å². The predicted molar refractivity (Wildman–Crippen MR) is 114 cm³/mol. The molecular weight excluding hydrogens is 403 g/mol. The third-order valence-electron chi connectivity index (χ3n) is 5.19. The molecule has 4 rings (SSSR count). The van der Waals surface area contributed by atoms with Gasteiger partial charge in [-0.05, 0) is 29.3 Å². The topological polar surface area (TPSA) is 45.2 Å². The van der Waals surface area contributed by atoms with Gasteiger partial charge >= 0.3 is 6.18 Å². The molecule has 1 aliphatic rings. The smallest absolute Gasteiger partial charge is 0.353 e. The van der Waals surface area contributed by atoms with E-state index in [9.17, 15) is 13.2 Å². The minimum Gasteiger partial charge on any atom is -0.353 e. The summed E-state index contributed by atoms with van der Waals surface area (Å²) in [6.07, 6.45) is 2.09. The van der Waals surface area contributed by atoms with Crippen molar-refractivity contribution in [2.24, 2.45) is 0 Å². The predicted octanol–water partition coefficient (Wildman–Crippen LogP) is 4.38. The molecule has 5 nitrogen and oxygen atoms in total. The second-order valence-corrected chi connectivity index (χ2v) is 7.37. The molecule has 0 amide bonds. The highest BCUT2D eigenvalue weighted by Crippen LogP contribution is 2.32. The molecule has 2 aromatic heterocycles. The molecule has 0 radical (unpaired) electrons. The van der Waals surface area contributed by atoms with Gasteiger partial charge in [0.05, 0.1) is 0 Å². The van der Waals surface area contributed by atoms with Crippen LogP contribution >= 0.6 is 0 Å². The molecule has 0 spiro atoms. The largest absolute Gasteiger partial charge is 0.435 e. The Morgan fingerprint density at radius 2 is 1.58 bits per heavy atom. The van der Waals surface area contributed by atoms with Crippen molar-refractivity contribution in [3.8, 4) is 0 Å². The van der Waals surface area contributed by atoms with E-state index in [0.717, 1.165) is 25.2 Å². The van der Waals surface area contributed by atoms with Crippen molar-refractivity contribution in [1.82, 2.24) is 20.1 Å². The van der Waals surface area contributed by atoms with E-state index in [4.69, 9.17) is 0 Å². The quantitative estimate of drug-likeness (QED) is 0.607. The molecule has 0 atom stereocenters. The summed E-state index contributed by atoms with van der Waals surface area (Å²) >= 11 is 0. The summed E-state index contributed by atoms with van der Waals surface area (Å²) in [7, 11) is 0. The first-order valence-corrected chi connectivity index (χ1v) is 10.0. The lowest BCUT2D eigenvalue weighted by molar-refractivity contribution is -0.141. The van der Waals surface area contributed by atoms with Gasteiger partial charge in [0, 0.05) is 50.7 Å². The van der Waals surface area contributed by atoms with Gasteiger partial charge in [0.1, 0.15) is 0 Å². The zero-order valence-corrected chi connectivity index (χ0v) is 16.8. The summed E-state index contributed by atoms with van der Waals surface area (Å²) < 4.78 is 40.3. The van der Waals surface area contributed by atoms with Crippen molar-refractivity contribution in [1.29, 1.82) is 0 Å². The Labute approximate surface area is 178 Å². The number of hydrogen-bond acceptors (Lipinski definition) is 5. The van der Waals surface area contributed by atoms with E-state index in [1.807, 2.05) is 47.4 Å². The van der Waals surface area contributed by atoms with Crippen LogP contribution in [0.25, 0.3) is 12.2 Å². The molecule has 1 aromatic carbocycles. The van der Waals surface area contributed by atoms with E-state index < -0.39 is 11.9 Å². The fraction of sp³-hybridized carbons (Fsp3) is 0.261. The highest BCUT2D eigenvalue weighted by molar-refractivity contribution is 5.72. The van der Waals surface area contributed by atoms with Gasteiger partial charge in [0.25, 0.3) is 0 Å². The Morgan fingerprint density at radius 1 is 0.871 bits per heavy atom. The fourth-order valence-corrected chi connectivity index (χ4v) is 3.53. The highest BCUT2D eigenvalue weighted by Gasteiger charge is 2.36. The molecule has 31 heavy (non-hydrogen) atoms. The van der Waals surface area contributed by atoms with Gasteiger partial charge in [-0.15, -0.1) is 10.2 Å². The first-order chi connectivity index (χ1) is 15.0. The van der Waals surface area contributed by atoms with E-state index in [2.05, 4.69) is 20.1 Å². The number of rotatable bonds is 5. The zero-order chi connectivity index (χ0) is 21.7. The lowest BCUT2D eigenvalue weighted by Crippen LogP contribution is -2.46. The number of nitrogens with zero attached hydrogens (tertiary/aromatic N) is 5. The van der Waals surface area contributed by atoms with Gasteiger partial charge in [-0.1, -0.05) is 42.5 Å². The number of anilines is 1. The lowest BCUT2D eigenvalue weighted by atomic mass is 10.1. The van der Waals surface area contributed by atoms with Crippen LogP contribution in [0.5, 0.6) is 0 Å². The van der Waals surface area contributed by atoms with E-state index in [0.29, 0.717) is 18.9 Å². The van der Waals surface area contributed by atoms with Gasteiger partial charge in [0.15, 0.2) is 11.5 Å². The van der Waals surface area contributed by atoms with E-state index in [1.165, 1.54) is 17.7 Å². The first-order valence-electron chi connectivity index (χ1n) is 10.0. The summed E-state index contributed by atoms with van der Waals surface area (Å²) in [5.41, 5.74) is 1.05. The van der Waals surface area contributed by atoms with Crippen molar-refractivity contribution in [2.75, 3.05) is 31.1 Å². The van der Waals surface area contributed by atoms with Crippen LogP contribution < -0.4 is 4.90 Å². The number of benzene rings is 1. The van der Waals surface area contributed by atoms with Gasteiger partial charge in [-0.2, -0.15) is 13.2 Å². The first kappa shape index (κ1) is 21.0. The molecule has 1 aliphatic heterocycles.